The van der Waals surface area contributed by atoms with Crippen molar-refractivity contribution in [3.63, 3.8) is 0 Å². The van der Waals surface area contributed by atoms with E-state index < -0.39 is 35.8 Å². The molecule has 4 aromatic rings. The predicted octanol–water partition coefficient (Wildman–Crippen LogP) is 6.19. The fourth-order valence-electron chi connectivity index (χ4n) is 4.23. The number of carbonyl (C=O) groups excluding carboxylic acids is 2. The van der Waals surface area contributed by atoms with Crippen molar-refractivity contribution in [2.75, 3.05) is 17.2 Å². The summed E-state index contributed by atoms with van der Waals surface area (Å²) in [6.45, 7) is -0.486. The molecule has 0 spiro atoms. The number of hydrogen-bond acceptors (Lipinski definition) is 5. The highest BCUT2D eigenvalue weighted by Crippen LogP contribution is 2.37. The highest BCUT2D eigenvalue weighted by Gasteiger charge is 2.34. The lowest BCUT2D eigenvalue weighted by Crippen LogP contribution is -2.22. The van der Waals surface area contributed by atoms with Crippen LogP contribution in [0.25, 0.3) is 11.0 Å². The van der Waals surface area contributed by atoms with Crippen molar-refractivity contribution in [3.8, 4) is 5.75 Å². The van der Waals surface area contributed by atoms with Gasteiger partial charge in [-0.15, -0.1) is 0 Å². The molecule has 0 atom stereocenters. The molecule has 2 amide bonds. The van der Waals surface area contributed by atoms with Crippen molar-refractivity contribution >= 4 is 34.2 Å². The molecule has 0 unspecified atom stereocenters. The van der Waals surface area contributed by atoms with E-state index in [1.807, 2.05) is 0 Å². The highest BCUT2D eigenvalue weighted by atomic mass is 19.4. The molecule has 10 heteroatoms. The quantitative estimate of drug-likeness (QED) is 0.331. The molecule has 0 saturated heterocycles. The molecule has 0 bridgehead atoms. The molecule has 0 saturated carbocycles. The first kappa shape index (κ1) is 23.5. The largest absolute Gasteiger partial charge is 0.484 e. The van der Waals surface area contributed by atoms with Crippen LogP contribution in [0.2, 0.25) is 0 Å². The molecule has 2 aromatic heterocycles. The molecule has 5 rings (SSSR count). The number of alkyl halides is 3. The lowest BCUT2D eigenvalue weighted by molar-refractivity contribution is -0.137. The Morgan fingerprint density at radius 1 is 1.00 bits per heavy atom. The number of rotatable bonds is 6. The van der Waals surface area contributed by atoms with Crippen molar-refractivity contribution in [3.05, 3.63) is 77.4 Å². The molecular formula is C26H21F3N2O5. The van der Waals surface area contributed by atoms with Crippen molar-refractivity contribution in [2.45, 2.75) is 31.9 Å². The van der Waals surface area contributed by atoms with Gasteiger partial charge in [0.05, 0.1) is 17.5 Å². The van der Waals surface area contributed by atoms with E-state index in [-0.39, 0.29) is 11.4 Å². The van der Waals surface area contributed by atoms with Gasteiger partial charge in [0.1, 0.15) is 17.1 Å². The second kappa shape index (κ2) is 9.44. The normalized spacial score (nSPS) is 13.3. The maximum atomic E-state index is 13.7. The summed E-state index contributed by atoms with van der Waals surface area (Å²) in [6, 6.07) is 11.1. The van der Waals surface area contributed by atoms with Crippen LogP contribution in [0.15, 0.2) is 63.6 Å². The Hall–Kier alpha value is -4.21. The summed E-state index contributed by atoms with van der Waals surface area (Å²) in [5, 5.41) is 5.51. The molecule has 1 aliphatic carbocycles. The van der Waals surface area contributed by atoms with E-state index >= 15 is 0 Å². The molecule has 1 aliphatic rings. The van der Waals surface area contributed by atoms with Crippen LogP contribution < -0.4 is 15.4 Å². The number of aryl methyl sites for hydroxylation is 2. The topological polar surface area (TPSA) is 93.7 Å². The Morgan fingerprint density at radius 2 is 1.83 bits per heavy atom. The van der Waals surface area contributed by atoms with E-state index in [2.05, 4.69) is 10.6 Å². The fourth-order valence-corrected chi connectivity index (χ4v) is 4.23. The SMILES string of the molecule is O=C(COc1ccc2oc3c(c2c1)CCCC3)Nc1ccc(NC(=O)c2ccco2)cc1C(F)(F)F. The van der Waals surface area contributed by atoms with Gasteiger partial charge < -0.3 is 24.2 Å². The molecule has 0 aliphatic heterocycles. The number of hydrogen-bond donors (Lipinski definition) is 2. The standard InChI is InChI=1S/C26H21F3N2O5/c27-26(28,29)19-12-15(30-25(33)23-6-3-11-34-23)7-9-20(19)31-24(32)14-35-16-8-10-22-18(13-16)17-4-1-2-5-21(17)36-22/h3,6-13H,1-2,4-5,14H2,(H,30,33)(H,31,32). The maximum Gasteiger partial charge on any atom is 0.418 e. The third-order valence-corrected chi connectivity index (χ3v) is 5.90. The van der Waals surface area contributed by atoms with Gasteiger partial charge in [-0.3, -0.25) is 9.59 Å². The van der Waals surface area contributed by atoms with Crippen LogP contribution in [-0.2, 0) is 23.8 Å². The third-order valence-electron chi connectivity index (χ3n) is 5.90. The van der Waals surface area contributed by atoms with Gasteiger partial charge in [0.2, 0.25) is 0 Å². The summed E-state index contributed by atoms with van der Waals surface area (Å²) >= 11 is 0. The maximum absolute atomic E-state index is 13.7. The molecule has 2 aromatic carbocycles. The van der Waals surface area contributed by atoms with Gasteiger partial charge in [0, 0.05) is 23.1 Å². The van der Waals surface area contributed by atoms with Crippen LogP contribution in [0, 0.1) is 0 Å². The van der Waals surface area contributed by atoms with Crippen molar-refractivity contribution in [1.29, 1.82) is 0 Å². The summed E-state index contributed by atoms with van der Waals surface area (Å²) in [6.07, 6.45) is 0.438. The summed E-state index contributed by atoms with van der Waals surface area (Å²) in [5.74, 6) is -0.128. The Kier molecular flexibility index (Phi) is 6.17. The summed E-state index contributed by atoms with van der Waals surface area (Å²) in [5.41, 5.74) is 0.216. The summed E-state index contributed by atoms with van der Waals surface area (Å²) in [7, 11) is 0. The molecule has 0 radical (unpaired) electrons. The van der Waals surface area contributed by atoms with Crippen LogP contribution in [-0.4, -0.2) is 18.4 Å². The first-order chi connectivity index (χ1) is 17.3. The van der Waals surface area contributed by atoms with E-state index in [0.29, 0.717) is 5.75 Å². The highest BCUT2D eigenvalue weighted by molar-refractivity contribution is 6.02. The monoisotopic (exact) mass is 498 g/mol. The second-order valence-electron chi connectivity index (χ2n) is 8.40. The van der Waals surface area contributed by atoms with Gasteiger partial charge in [-0.2, -0.15) is 13.2 Å². The van der Waals surface area contributed by atoms with Crippen LogP contribution in [0.4, 0.5) is 24.5 Å². The molecular weight excluding hydrogens is 477 g/mol. The van der Waals surface area contributed by atoms with E-state index in [1.165, 1.54) is 24.5 Å². The minimum absolute atomic E-state index is 0.0489. The Bertz CT molecular complexity index is 1420. The minimum Gasteiger partial charge on any atom is -0.484 e. The molecule has 186 valence electrons. The van der Waals surface area contributed by atoms with E-state index in [9.17, 15) is 22.8 Å². The van der Waals surface area contributed by atoms with Crippen LogP contribution >= 0.6 is 0 Å². The smallest absolute Gasteiger partial charge is 0.418 e. The lowest BCUT2D eigenvalue weighted by atomic mass is 9.96. The zero-order chi connectivity index (χ0) is 25.3. The molecule has 0 fully saturated rings. The number of amides is 2. The number of benzene rings is 2. The number of anilines is 2. The molecule has 2 heterocycles. The number of halogens is 3. The van der Waals surface area contributed by atoms with E-state index in [1.54, 1.807) is 18.2 Å². The average molecular weight is 498 g/mol. The molecule has 2 N–H and O–H groups in total. The Labute approximate surface area is 203 Å². The number of nitrogens with one attached hydrogen (secondary N) is 2. The number of ether oxygens (including phenoxy) is 1. The van der Waals surface area contributed by atoms with Gasteiger partial charge in [-0.05, 0) is 67.8 Å². The van der Waals surface area contributed by atoms with Gasteiger partial charge in [-0.25, -0.2) is 0 Å². The molecule has 36 heavy (non-hydrogen) atoms. The number of carbonyl (C=O) groups is 2. The Balaban J connectivity index is 1.27. The van der Waals surface area contributed by atoms with Gasteiger partial charge in [0.15, 0.2) is 12.4 Å². The summed E-state index contributed by atoms with van der Waals surface area (Å²) < 4.78 is 57.4. The van der Waals surface area contributed by atoms with Crippen molar-refractivity contribution in [1.82, 2.24) is 0 Å². The zero-order valence-electron chi connectivity index (χ0n) is 18.9. The Morgan fingerprint density at radius 3 is 2.61 bits per heavy atom. The number of furan rings is 2. The van der Waals surface area contributed by atoms with Crippen LogP contribution in [0.3, 0.4) is 0 Å². The van der Waals surface area contributed by atoms with Gasteiger partial charge in [-0.1, -0.05) is 0 Å². The predicted molar refractivity (Wildman–Crippen MR) is 125 cm³/mol. The first-order valence-corrected chi connectivity index (χ1v) is 11.3. The molecule has 7 nitrogen and oxygen atoms in total. The van der Waals surface area contributed by atoms with E-state index in [4.69, 9.17) is 13.6 Å². The number of fused-ring (bicyclic) bond motifs is 3. The minimum atomic E-state index is -4.78. The average Bonchev–Trinajstić information content (AvgIpc) is 3.51. The van der Waals surface area contributed by atoms with Gasteiger partial charge in [0.25, 0.3) is 11.8 Å². The lowest BCUT2D eigenvalue weighted by Gasteiger charge is -2.16. The second-order valence-corrected chi connectivity index (χ2v) is 8.40. The summed E-state index contributed by atoms with van der Waals surface area (Å²) in [4.78, 5) is 24.5. The van der Waals surface area contributed by atoms with Crippen LogP contribution in [0.1, 0.15) is 40.3 Å². The van der Waals surface area contributed by atoms with Crippen molar-refractivity contribution in [2.24, 2.45) is 0 Å². The fraction of sp³-hybridized carbons (Fsp3) is 0.231. The van der Waals surface area contributed by atoms with Crippen LogP contribution in [0.5, 0.6) is 5.75 Å². The van der Waals surface area contributed by atoms with Gasteiger partial charge >= 0.3 is 6.18 Å². The van der Waals surface area contributed by atoms with Crippen molar-refractivity contribution < 1.29 is 36.3 Å². The first-order valence-electron chi connectivity index (χ1n) is 11.3. The third kappa shape index (κ3) is 4.93. The van der Waals surface area contributed by atoms with E-state index in [0.717, 1.165) is 60.1 Å². The zero-order valence-corrected chi connectivity index (χ0v) is 18.9.